The predicted molar refractivity (Wildman–Crippen MR) is 75.8 cm³/mol. The molecule has 3 aliphatic rings. The SMILES string of the molecule is CC1CN2CCCCC2CN1CC1CCCNC1. The summed E-state index contributed by atoms with van der Waals surface area (Å²) in [6.45, 7) is 10.2. The maximum atomic E-state index is 3.56. The van der Waals surface area contributed by atoms with Crippen LogP contribution >= 0.6 is 0 Å². The van der Waals surface area contributed by atoms with Gasteiger partial charge >= 0.3 is 0 Å². The van der Waals surface area contributed by atoms with Crippen LogP contribution in [0.2, 0.25) is 0 Å². The first kappa shape index (κ1) is 12.9. The topological polar surface area (TPSA) is 18.5 Å². The number of hydrogen-bond acceptors (Lipinski definition) is 3. The Morgan fingerprint density at radius 3 is 2.89 bits per heavy atom. The molecule has 3 heterocycles. The highest BCUT2D eigenvalue weighted by molar-refractivity contribution is 4.90. The maximum absolute atomic E-state index is 3.56. The van der Waals surface area contributed by atoms with E-state index in [1.807, 2.05) is 0 Å². The van der Waals surface area contributed by atoms with Crippen molar-refractivity contribution < 1.29 is 0 Å². The third-order valence-electron chi connectivity index (χ3n) is 5.21. The smallest absolute Gasteiger partial charge is 0.0223 e. The number of rotatable bonds is 2. The molecule has 3 rings (SSSR count). The lowest BCUT2D eigenvalue weighted by Gasteiger charge is -2.48. The van der Waals surface area contributed by atoms with Gasteiger partial charge in [-0.3, -0.25) is 9.80 Å². The molecule has 3 unspecified atom stereocenters. The molecule has 3 heteroatoms. The second-order valence-corrected chi connectivity index (χ2v) is 6.66. The molecule has 3 fully saturated rings. The maximum Gasteiger partial charge on any atom is 0.0223 e. The van der Waals surface area contributed by atoms with Crippen LogP contribution < -0.4 is 5.32 Å². The van der Waals surface area contributed by atoms with Crippen LogP contribution in [-0.2, 0) is 0 Å². The summed E-state index contributed by atoms with van der Waals surface area (Å²) in [5.41, 5.74) is 0. The van der Waals surface area contributed by atoms with Gasteiger partial charge in [0.2, 0.25) is 0 Å². The fourth-order valence-electron chi connectivity index (χ4n) is 4.08. The molecule has 0 aromatic carbocycles. The van der Waals surface area contributed by atoms with E-state index in [4.69, 9.17) is 0 Å². The number of piperidine rings is 2. The van der Waals surface area contributed by atoms with Gasteiger partial charge in [-0.05, 0) is 58.2 Å². The van der Waals surface area contributed by atoms with Crippen molar-refractivity contribution in [1.29, 1.82) is 0 Å². The summed E-state index contributed by atoms with van der Waals surface area (Å²) in [6, 6.07) is 1.63. The Bertz CT molecular complexity index is 260. The van der Waals surface area contributed by atoms with E-state index < -0.39 is 0 Å². The van der Waals surface area contributed by atoms with Crippen molar-refractivity contribution >= 4 is 0 Å². The Hall–Kier alpha value is -0.120. The average Bonchev–Trinajstić information content (AvgIpc) is 2.41. The Morgan fingerprint density at radius 2 is 2.06 bits per heavy atom. The first-order valence-corrected chi connectivity index (χ1v) is 8.02. The molecule has 0 spiro atoms. The summed E-state index contributed by atoms with van der Waals surface area (Å²) in [6.07, 6.45) is 7.13. The van der Waals surface area contributed by atoms with Crippen LogP contribution in [0.5, 0.6) is 0 Å². The molecule has 3 nitrogen and oxygen atoms in total. The summed E-state index contributed by atoms with van der Waals surface area (Å²) < 4.78 is 0. The van der Waals surface area contributed by atoms with Crippen molar-refractivity contribution in [2.45, 2.75) is 51.1 Å². The van der Waals surface area contributed by atoms with Crippen LogP contribution in [0.3, 0.4) is 0 Å². The molecule has 18 heavy (non-hydrogen) atoms. The average molecular weight is 251 g/mol. The Kier molecular flexibility index (Phi) is 4.22. The van der Waals surface area contributed by atoms with Gasteiger partial charge in [0.1, 0.15) is 0 Å². The van der Waals surface area contributed by atoms with Crippen molar-refractivity contribution in [3.05, 3.63) is 0 Å². The van der Waals surface area contributed by atoms with Crippen LogP contribution in [0, 0.1) is 5.92 Å². The molecule has 3 saturated heterocycles. The standard InChI is InChI=1S/C15H29N3/c1-13-10-17-8-3-2-6-15(17)12-18(13)11-14-5-4-7-16-9-14/h13-16H,2-12H2,1H3. The quantitative estimate of drug-likeness (QED) is 0.803. The van der Waals surface area contributed by atoms with E-state index in [9.17, 15) is 0 Å². The van der Waals surface area contributed by atoms with Crippen LogP contribution in [0.4, 0.5) is 0 Å². The van der Waals surface area contributed by atoms with Crippen molar-refractivity contribution in [2.75, 3.05) is 39.3 Å². The van der Waals surface area contributed by atoms with Crippen LogP contribution in [0.1, 0.15) is 39.0 Å². The summed E-state index contributed by atoms with van der Waals surface area (Å²) in [4.78, 5) is 5.54. The minimum absolute atomic E-state index is 0.765. The molecule has 1 N–H and O–H groups in total. The highest BCUT2D eigenvalue weighted by Gasteiger charge is 2.33. The number of fused-ring (bicyclic) bond motifs is 1. The lowest BCUT2D eigenvalue weighted by Crippen LogP contribution is -2.59. The lowest BCUT2D eigenvalue weighted by molar-refractivity contribution is 0.00602. The third kappa shape index (κ3) is 2.89. The monoisotopic (exact) mass is 251 g/mol. The van der Waals surface area contributed by atoms with E-state index in [-0.39, 0.29) is 0 Å². The number of hydrogen-bond donors (Lipinski definition) is 1. The number of piperazine rings is 1. The molecule has 104 valence electrons. The van der Waals surface area contributed by atoms with Crippen LogP contribution in [0.25, 0.3) is 0 Å². The molecule has 0 aromatic heterocycles. The normalized spacial score (nSPS) is 39.5. The fraction of sp³-hybridized carbons (Fsp3) is 1.00. The number of nitrogens with one attached hydrogen (secondary N) is 1. The van der Waals surface area contributed by atoms with E-state index in [1.54, 1.807) is 0 Å². The zero-order valence-corrected chi connectivity index (χ0v) is 11.9. The van der Waals surface area contributed by atoms with E-state index >= 15 is 0 Å². The molecule has 3 aliphatic heterocycles. The van der Waals surface area contributed by atoms with E-state index in [0.29, 0.717) is 0 Å². The van der Waals surface area contributed by atoms with E-state index in [0.717, 1.165) is 18.0 Å². The van der Waals surface area contributed by atoms with Gasteiger partial charge in [-0.2, -0.15) is 0 Å². The summed E-state index contributed by atoms with van der Waals surface area (Å²) in [7, 11) is 0. The predicted octanol–water partition coefficient (Wildman–Crippen LogP) is 1.54. The largest absolute Gasteiger partial charge is 0.316 e. The van der Waals surface area contributed by atoms with Gasteiger partial charge in [-0.15, -0.1) is 0 Å². The molecule has 0 bridgehead atoms. The van der Waals surface area contributed by atoms with Crippen LogP contribution in [0.15, 0.2) is 0 Å². The summed E-state index contributed by atoms with van der Waals surface area (Å²) >= 11 is 0. The van der Waals surface area contributed by atoms with Gasteiger partial charge in [0.05, 0.1) is 0 Å². The van der Waals surface area contributed by atoms with Crippen molar-refractivity contribution in [3.63, 3.8) is 0 Å². The Morgan fingerprint density at radius 1 is 1.11 bits per heavy atom. The highest BCUT2D eigenvalue weighted by Crippen LogP contribution is 2.25. The first-order valence-electron chi connectivity index (χ1n) is 8.02. The minimum Gasteiger partial charge on any atom is -0.316 e. The van der Waals surface area contributed by atoms with Gasteiger partial charge in [0.25, 0.3) is 0 Å². The lowest BCUT2D eigenvalue weighted by atomic mass is 9.94. The van der Waals surface area contributed by atoms with Crippen molar-refractivity contribution in [2.24, 2.45) is 5.92 Å². The zero-order chi connectivity index (χ0) is 12.4. The highest BCUT2D eigenvalue weighted by atomic mass is 15.3. The molecular weight excluding hydrogens is 222 g/mol. The summed E-state index contributed by atoms with van der Waals surface area (Å²) in [5.74, 6) is 0.899. The van der Waals surface area contributed by atoms with E-state index in [2.05, 4.69) is 22.0 Å². The second-order valence-electron chi connectivity index (χ2n) is 6.66. The minimum atomic E-state index is 0.765. The van der Waals surface area contributed by atoms with Gasteiger partial charge in [-0.25, -0.2) is 0 Å². The van der Waals surface area contributed by atoms with Gasteiger partial charge in [-0.1, -0.05) is 6.42 Å². The Balaban J connectivity index is 1.54. The van der Waals surface area contributed by atoms with E-state index in [1.165, 1.54) is 71.4 Å². The zero-order valence-electron chi connectivity index (χ0n) is 11.9. The fourth-order valence-corrected chi connectivity index (χ4v) is 4.08. The van der Waals surface area contributed by atoms with Gasteiger partial charge < -0.3 is 5.32 Å². The molecular formula is C15H29N3. The number of nitrogens with zero attached hydrogens (tertiary/aromatic N) is 2. The third-order valence-corrected chi connectivity index (χ3v) is 5.21. The first-order chi connectivity index (χ1) is 8.83. The van der Waals surface area contributed by atoms with Crippen LogP contribution in [-0.4, -0.2) is 61.2 Å². The Labute approximate surface area is 112 Å². The second kappa shape index (κ2) is 5.89. The van der Waals surface area contributed by atoms with Crippen molar-refractivity contribution in [1.82, 2.24) is 15.1 Å². The molecule has 0 amide bonds. The molecule has 0 aliphatic carbocycles. The molecule has 0 saturated carbocycles. The van der Waals surface area contributed by atoms with Gasteiger partial charge in [0, 0.05) is 31.7 Å². The molecule has 0 radical (unpaired) electrons. The summed E-state index contributed by atoms with van der Waals surface area (Å²) in [5, 5.41) is 3.56. The van der Waals surface area contributed by atoms with Gasteiger partial charge in [0.15, 0.2) is 0 Å². The van der Waals surface area contributed by atoms with Crippen molar-refractivity contribution in [3.8, 4) is 0 Å². The molecule has 3 atom stereocenters. The molecule has 0 aromatic rings.